The largest absolute Gasteiger partial charge is 0.484 e. The van der Waals surface area contributed by atoms with E-state index in [0.717, 1.165) is 0 Å². The van der Waals surface area contributed by atoms with Crippen molar-refractivity contribution in [3.05, 3.63) is 64.4 Å². The molecule has 0 radical (unpaired) electrons. The number of nitrogens with two attached hydrogens (primary N) is 1. The summed E-state index contributed by atoms with van der Waals surface area (Å²) in [5.41, 5.74) is 6.23. The predicted molar refractivity (Wildman–Crippen MR) is 97.1 cm³/mol. The van der Waals surface area contributed by atoms with E-state index >= 15 is 0 Å². The number of amides is 2. The Morgan fingerprint density at radius 2 is 2.00 bits per heavy atom. The molecular weight excluding hydrogens is 375 g/mol. The molecule has 8 heteroatoms. The summed E-state index contributed by atoms with van der Waals surface area (Å²) in [6, 6.07) is 10.9. The first-order valence-corrected chi connectivity index (χ1v) is 8.69. The van der Waals surface area contributed by atoms with Crippen molar-refractivity contribution in [2.75, 3.05) is 26.3 Å². The van der Waals surface area contributed by atoms with Gasteiger partial charge >= 0.3 is 0 Å². The van der Waals surface area contributed by atoms with Crippen molar-refractivity contribution < 1.29 is 23.5 Å². The van der Waals surface area contributed by atoms with E-state index in [1.54, 1.807) is 35.2 Å². The van der Waals surface area contributed by atoms with Gasteiger partial charge in [-0.3, -0.25) is 9.59 Å². The summed E-state index contributed by atoms with van der Waals surface area (Å²) < 4.78 is 24.2. The highest BCUT2D eigenvalue weighted by molar-refractivity contribution is 6.30. The minimum atomic E-state index is -0.574. The van der Waals surface area contributed by atoms with E-state index in [-0.39, 0.29) is 23.6 Å². The third kappa shape index (κ3) is 4.75. The van der Waals surface area contributed by atoms with Crippen LogP contribution in [0, 0.1) is 5.82 Å². The molecule has 3 rings (SSSR count). The van der Waals surface area contributed by atoms with E-state index < -0.39 is 11.7 Å². The number of carbonyl (C=O) groups is 2. The zero-order chi connectivity index (χ0) is 19.4. The van der Waals surface area contributed by atoms with Crippen LogP contribution in [-0.2, 0) is 9.53 Å². The van der Waals surface area contributed by atoms with Crippen LogP contribution in [0.25, 0.3) is 0 Å². The van der Waals surface area contributed by atoms with Crippen molar-refractivity contribution in [2.24, 2.45) is 5.73 Å². The molecule has 1 aliphatic rings. The number of rotatable bonds is 5. The maximum absolute atomic E-state index is 13.4. The summed E-state index contributed by atoms with van der Waals surface area (Å²) in [6.07, 6.45) is -0.376. The summed E-state index contributed by atoms with van der Waals surface area (Å²) >= 11 is 5.84. The number of benzene rings is 2. The minimum Gasteiger partial charge on any atom is -0.484 e. The van der Waals surface area contributed by atoms with Crippen LogP contribution in [0.15, 0.2) is 42.5 Å². The lowest BCUT2D eigenvalue weighted by Crippen LogP contribution is -2.42. The maximum Gasteiger partial charge on any atom is 0.255 e. The molecule has 6 nitrogen and oxygen atoms in total. The second kappa shape index (κ2) is 8.37. The lowest BCUT2D eigenvalue weighted by molar-refractivity contribution is -0.119. The van der Waals surface area contributed by atoms with Crippen molar-refractivity contribution in [3.8, 4) is 5.75 Å². The zero-order valence-corrected chi connectivity index (χ0v) is 15.1. The Labute approximate surface area is 160 Å². The van der Waals surface area contributed by atoms with Crippen LogP contribution in [0.2, 0.25) is 5.02 Å². The number of hydrogen-bond acceptors (Lipinski definition) is 4. The van der Waals surface area contributed by atoms with Crippen LogP contribution in [0.4, 0.5) is 4.39 Å². The third-order valence-electron chi connectivity index (χ3n) is 4.15. The predicted octanol–water partition coefficient (Wildman–Crippen LogP) is 2.56. The molecule has 0 aromatic heterocycles. The van der Waals surface area contributed by atoms with Crippen molar-refractivity contribution in [1.29, 1.82) is 0 Å². The Morgan fingerprint density at radius 1 is 1.26 bits per heavy atom. The van der Waals surface area contributed by atoms with E-state index in [0.29, 0.717) is 36.6 Å². The molecule has 0 saturated carbocycles. The highest BCUT2D eigenvalue weighted by Crippen LogP contribution is 2.27. The van der Waals surface area contributed by atoms with Gasteiger partial charge in [-0.1, -0.05) is 17.7 Å². The Bertz CT molecular complexity index is 844. The molecule has 2 aromatic rings. The molecule has 1 fully saturated rings. The lowest BCUT2D eigenvalue weighted by Gasteiger charge is -2.33. The van der Waals surface area contributed by atoms with Gasteiger partial charge in [0.25, 0.3) is 11.8 Å². The van der Waals surface area contributed by atoms with Crippen molar-refractivity contribution in [1.82, 2.24) is 4.90 Å². The van der Waals surface area contributed by atoms with E-state index in [9.17, 15) is 14.0 Å². The summed E-state index contributed by atoms with van der Waals surface area (Å²) in [6.45, 7) is 0.925. The second-order valence-corrected chi connectivity index (χ2v) is 6.47. The van der Waals surface area contributed by atoms with Gasteiger partial charge in [-0.2, -0.15) is 0 Å². The Kier molecular flexibility index (Phi) is 5.93. The Morgan fingerprint density at radius 3 is 2.67 bits per heavy atom. The van der Waals surface area contributed by atoms with Crippen LogP contribution >= 0.6 is 11.6 Å². The number of primary amides is 1. The molecule has 1 unspecified atom stereocenters. The Hall–Kier alpha value is -2.64. The number of carbonyl (C=O) groups excluding carboxylic acids is 2. The molecule has 2 N–H and O–H groups in total. The van der Waals surface area contributed by atoms with Crippen LogP contribution < -0.4 is 10.5 Å². The van der Waals surface area contributed by atoms with Gasteiger partial charge in [0.2, 0.25) is 0 Å². The first-order chi connectivity index (χ1) is 12.9. The molecule has 0 aliphatic carbocycles. The summed E-state index contributed by atoms with van der Waals surface area (Å²) in [7, 11) is 0. The molecule has 1 atom stereocenters. The molecule has 0 spiro atoms. The molecular formula is C19H18ClFN2O4. The average Bonchev–Trinajstić information content (AvgIpc) is 2.68. The molecule has 0 bridgehead atoms. The SMILES string of the molecule is NC(=O)COc1ccc(C(=O)N2CCOC(c3ccc(F)c(Cl)c3)C2)cc1. The van der Waals surface area contributed by atoms with E-state index in [1.165, 1.54) is 12.1 Å². The van der Waals surface area contributed by atoms with E-state index in [2.05, 4.69) is 0 Å². The van der Waals surface area contributed by atoms with Gasteiger partial charge in [0, 0.05) is 12.1 Å². The monoisotopic (exact) mass is 392 g/mol. The number of hydrogen-bond donors (Lipinski definition) is 1. The number of morpholine rings is 1. The third-order valence-corrected chi connectivity index (χ3v) is 4.44. The van der Waals surface area contributed by atoms with Crippen LogP contribution in [0.3, 0.4) is 0 Å². The molecule has 2 aromatic carbocycles. The number of nitrogens with zero attached hydrogens (tertiary/aromatic N) is 1. The molecule has 2 amide bonds. The molecule has 142 valence electrons. The fourth-order valence-electron chi connectivity index (χ4n) is 2.78. The summed E-state index contributed by atoms with van der Waals surface area (Å²) in [4.78, 5) is 25.2. The Balaban J connectivity index is 1.67. The normalized spacial score (nSPS) is 16.8. The first kappa shape index (κ1) is 19.1. The van der Waals surface area contributed by atoms with Gasteiger partial charge in [0.05, 0.1) is 18.2 Å². The second-order valence-electron chi connectivity index (χ2n) is 6.06. The van der Waals surface area contributed by atoms with Gasteiger partial charge in [0.1, 0.15) is 17.7 Å². The topological polar surface area (TPSA) is 81.9 Å². The van der Waals surface area contributed by atoms with Crippen LogP contribution in [0.1, 0.15) is 22.0 Å². The van der Waals surface area contributed by atoms with Crippen molar-refractivity contribution >= 4 is 23.4 Å². The highest BCUT2D eigenvalue weighted by atomic mass is 35.5. The molecule has 27 heavy (non-hydrogen) atoms. The fourth-order valence-corrected chi connectivity index (χ4v) is 2.97. The number of ether oxygens (including phenoxy) is 2. The zero-order valence-electron chi connectivity index (χ0n) is 14.4. The van der Waals surface area contributed by atoms with Gasteiger partial charge in [-0.15, -0.1) is 0 Å². The smallest absolute Gasteiger partial charge is 0.255 e. The maximum atomic E-state index is 13.4. The standard InChI is InChI=1S/C19H18ClFN2O4/c20-15-9-13(3-6-16(15)21)17-10-23(7-8-26-17)19(25)12-1-4-14(5-2-12)27-11-18(22)24/h1-6,9,17H,7-8,10-11H2,(H2,22,24). The summed E-state index contributed by atoms with van der Waals surface area (Å²) in [5.74, 6) is -0.776. The molecule has 1 heterocycles. The number of halogens is 2. The first-order valence-electron chi connectivity index (χ1n) is 8.31. The van der Waals surface area contributed by atoms with Gasteiger partial charge in [-0.25, -0.2) is 4.39 Å². The summed E-state index contributed by atoms with van der Waals surface area (Å²) in [5, 5.41) is 0.0195. The highest BCUT2D eigenvalue weighted by Gasteiger charge is 2.26. The quantitative estimate of drug-likeness (QED) is 0.847. The molecule has 1 aliphatic heterocycles. The van der Waals surface area contributed by atoms with E-state index in [4.69, 9.17) is 26.8 Å². The van der Waals surface area contributed by atoms with Crippen molar-refractivity contribution in [3.63, 3.8) is 0 Å². The fraction of sp³-hybridized carbons (Fsp3) is 0.263. The molecule has 1 saturated heterocycles. The lowest BCUT2D eigenvalue weighted by atomic mass is 10.1. The van der Waals surface area contributed by atoms with Gasteiger partial charge < -0.3 is 20.1 Å². The van der Waals surface area contributed by atoms with Crippen molar-refractivity contribution in [2.45, 2.75) is 6.10 Å². The van der Waals surface area contributed by atoms with Gasteiger partial charge in [0.15, 0.2) is 6.61 Å². The van der Waals surface area contributed by atoms with E-state index in [1.807, 2.05) is 0 Å². The van der Waals surface area contributed by atoms with Gasteiger partial charge in [-0.05, 0) is 42.0 Å². The minimum absolute atomic E-state index is 0.0195. The van der Waals surface area contributed by atoms with Crippen LogP contribution in [0.5, 0.6) is 5.75 Å². The average molecular weight is 393 g/mol. The van der Waals surface area contributed by atoms with Crippen LogP contribution in [-0.4, -0.2) is 43.0 Å².